The Balaban J connectivity index is 2.09. The Hall–Kier alpha value is -2.67. The summed E-state index contributed by atoms with van der Waals surface area (Å²) in [7, 11) is 0. The molecule has 2 rings (SSSR count). The van der Waals surface area contributed by atoms with E-state index in [0.29, 0.717) is 5.00 Å². The van der Waals surface area contributed by atoms with Crippen molar-refractivity contribution in [1.82, 2.24) is 0 Å². The minimum absolute atomic E-state index is 0.0638. The molecule has 0 aliphatic carbocycles. The summed E-state index contributed by atoms with van der Waals surface area (Å²) in [6.45, 7) is 5.49. The number of carbonyl (C=O) groups is 3. The van der Waals surface area contributed by atoms with E-state index in [1.165, 1.54) is 24.3 Å². The molecule has 0 fully saturated rings. The van der Waals surface area contributed by atoms with Crippen molar-refractivity contribution in [2.75, 3.05) is 5.32 Å². The fraction of sp³-hybridized carbons (Fsp3) is 0.350. The van der Waals surface area contributed by atoms with Gasteiger partial charge in [-0.15, -0.1) is 11.3 Å². The van der Waals surface area contributed by atoms with Gasteiger partial charge in [0.15, 0.2) is 6.10 Å². The quantitative estimate of drug-likeness (QED) is 0.676. The molecular weight excluding hydrogens is 364 g/mol. The van der Waals surface area contributed by atoms with E-state index >= 15 is 0 Å². The third kappa shape index (κ3) is 5.17. The summed E-state index contributed by atoms with van der Waals surface area (Å²) in [5.74, 6) is -1.97. The highest BCUT2D eigenvalue weighted by Gasteiger charge is 2.30. The lowest BCUT2D eigenvalue weighted by Crippen LogP contribution is -2.33. The van der Waals surface area contributed by atoms with Crippen LogP contribution in [0.5, 0.6) is 0 Å². The maximum absolute atomic E-state index is 12.8. The zero-order chi connectivity index (χ0) is 20.0. The van der Waals surface area contributed by atoms with Crippen molar-refractivity contribution in [3.8, 4) is 0 Å². The van der Waals surface area contributed by atoms with Crippen molar-refractivity contribution in [2.45, 2.75) is 39.2 Å². The molecule has 1 heterocycles. The van der Waals surface area contributed by atoms with Crippen molar-refractivity contribution >= 4 is 34.1 Å². The highest BCUT2D eigenvalue weighted by atomic mass is 32.1. The number of anilines is 1. The van der Waals surface area contributed by atoms with Crippen LogP contribution in [0.2, 0.25) is 0 Å². The van der Waals surface area contributed by atoms with Gasteiger partial charge in [0, 0.05) is 0 Å². The van der Waals surface area contributed by atoms with Gasteiger partial charge in [0.25, 0.3) is 11.8 Å². The third-order valence-corrected chi connectivity index (χ3v) is 5.29. The Morgan fingerprint density at radius 1 is 1.15 bits per heavy atom. The van der Waals surface area contributed by atoms with Crippen LogP contribution < -0.4 is 11.1 Å². The standard InChI is InChI=1S/C20H24N2O4S/c1-4-12(2)16(14-8-6-5-7-9-14)20(25)26-13(3)18(24)22-19-15(17(21)23)10-11-27-19/h5-13,16H,4H2,1-3H3,(H2,21,23)(H,22,24)/t12-,13-,16+/m0/s1. The van der Waals surface area contributed by atoms with Crippen molar-refractivity contribution in [1.29, 1.82) is 0 Å². The van der Waals surface area contributed by atoms with Gasteiger partial charge in [-0.1, -0.05) is 50.6 Å². The SMILES string of the molecule is CC[C@H](C)[C@@H](C(=O)O[C@@H](C)C(=O)Nc1sccc1C(N)=O)c1ccccc1. The molecule has 0 aliphatic rings. The van der Waals surface area contributed by atoms with Gasteiger partial charge in [0.2, 0.25) is 0 Å². The van der Waals surface area contributed by atoms with E-state index in [1.807, 2.05) is 44.2 Å². The molecule has 3 atom stereocenters. The number of nitrogens with one attached hydrogen (secondary N) is 1. The Labute approximate surface area is 162 Å². The van der Waals surface area contributed by atoms with Gasteiger partial charge in [0.1, 0.15) is 5.00 Å². The fourth-order valence-electron chi connectivity index (χ4n) is 2.71. The molecule has 1 aromatic carbocycles. The van der Waals surface area contributed by atoms with E-state index in [-0.39, 0.29) is 11.5 Å². The summed E-state index contributed by atoms with van der Waals surface area (Å²) in [6, 6.07) is 10.9. The predicted molar refractivity (Wildman–Crippen MR) is 106 cm³/mol. The number of esters is 1. The first-order chi connectivity index (χ1) is 12.8. The average Bonchev–Trinajstić information content (AvgIpc) is 3.10. The number of nitrogens with two attached hydrogens (primary N) is 1. The molecule has 0 spiro atoms. The minimum Gasteiger partial charge on any atom is -0.452 e. The number of primary amides is 1. The highest BCUT2D eigenvalue weighted by molar-refractivity contribution is 7.14. The number of ether oxygens (including phenoxy) is 1. The van der Waals surface area contributed by atoms with E-state index in [4.69, 9.17) is 10.5 Å². The molecule has 0 saturated heterocycles. The molecule has 6 nitrogen and oxygen atoms in total. The Bertz CT molecular complexity index is 803. The third-order valence-electron chi connectivity index (χ3n) is 4.46. The van der Waals surface area contributed by atoms with E-state index in [1.54, 1.807) is 5.38 Å². The van der Waals surface area contributed by atoms with Gasteiger partial charge in [-0.25, -0.2) is 0 Å². The van der Waals surface area contributed by atoms with Crippen LogP contribution in [-0.4, -0.2) is 23.9 Å². The van der Waals surface area contributed by atoms with E-state index in [9.17, 15) is 14.4 Å². The van der Waals surface area contributed by atoms with Gasteiger partial charge < -0.3 is 15.8 Å². The topological polar surface area (TPSA) is 98.5 Å². The molecule has 3 N–H and O–H groups in total. The van der Waals surface area contributed by atoms with Gasteiger partial charge in [0.05, 0.1) is 11.5 Å². The van der Waals surface area contributed by atoms with E-state index < -0.39 is 29.8 Å². The zero-order valence-electron chi connectivity index (χ0n) is 15.6. The largest absolute Gasteiger partial charge is 0.452 e. The lowest BCUT2D eigenvalue weighted by atomic mass is 9.85. The monoisotopic (exact) mass is 388 g/mol. The van der Waals surface area contributed by atoms with Gasteiger partial charge in [-0.3, -0.25) is 14.4 Å². The number of amides is 2. The lowest BCUT2D eigenvalue weighted by Gasteiger charge is -2.23. The molecule has 27 heavy (non-hydrogen) atoms. The normalized spacial score (nSPS) is 14.0. The number of thiophene rings is 1. The van der Waals surface area contributed by atoms with Crippen molar-refractivity contribution in [2.24, 2.45) is 11.7 Å². The van der Waals surface area contributed by atoms with Crippen molar-refractivity contribution < 1.29 is 19.1 Å². The molecular formula is C20H24N2O4S. The maximum Gasteiger partial charge on any atom is 0.314 e. The first-order valence-corrected chi connectivity index (χ1v) is 9.66. The van der Waals surface area contributed by atoms with Gasteiger partial charge >= 0.3 is 5.97 Å². The zero-order valence-corrected chi connectivity index (χ0v) is 16.4. The van der Waals surface area contributed by atoms with Crippen molar-refractivity contribution in [3.05, 3.63) is 52.9 Å². The van der Waals surface area contributed by atoms with Crippen LogP contribution in [0.1, 0.15) is 49.0 Å². The number of hydrogen-bond acceptors (Lipinski definition) is 5. The molecule has 7 heteroatoms. The molecule has 0 saturated carbocycles. The van der Waals surface area contributed by atoms with Crippen LogP contribution in [-0.2, 0) is 14.3 Å². The summed E-state index contributed by atoms with van der Waals surface area (Å²) < 4.78 is 5.44. The highest BCUT2D eigenvalue weighted by Crippen LogP contribution is 2.29. The summed E-state index contributed by atoms with van der Waals surface area (Å²) in [6.07, 6.45) is -0.206. The molecule has 144 valence electrons. The first kappa shape index (κ1) is 20.6. The number of carbonyl (C=O) groups excluding carboxylic acids is 3. The summed E-state index contributed by atoms with van der Waals surface area (Å²) >= 11 is 1.18. The van der Waals surface area contributed by atoms with Crippen LogP contribution >= 0.6 is 11.3 Å². The van der Waals surface area contributed by atoms with E-state index in [0.717, 1.165) is 12.0 Å². The Morgan fingerprint density at radius 2 is 1.81 bits per heavy atom. The molecule has 0 bridgehead atoms. The predicted octanol–water partition coefficient (Wildman–Crippen LogP) is 3.55. The number of benzene rings is 1. The summed E-state index contributed by atoms with van der Waals surface area (Å²) in [5, 5.41) is 4.60. The summed E-state index contributed by atoms with van der Waals surface area (Å²) in [4.78, 5) is 36.5. The second kappa shape index (κ2) is 9.32. The molecule has 0 unspecified atom stereocenters. The smallest absolute Gasteiger partial charge is 0.314 e. The van der Waals surface area contributed by atoms with Crippen LogP contribution in [0, 0.1) is 5.92 Å². The van der Waals surface area contributed by atoms with Crippen LogP contribution in [0.25, 0.3) is 0 Å². The average molecular weight is 388 g/mol. The van der Waals surface area contributed by atoms with Gasteiger partial charge in [-0.2, -0.15) is 0 Å². The fourth-order valence-corrected chi connectivity index (χ4v) is 3.50. The molecule has 2 aromatic rings. The van der Waals surface area contributed by atoms with Crippen LogP contribution in [0.3, 0.4) is 0 Å². The molecule has 1 aromatic heterocycles. The van der Waals surface area contributed by atoms with Crippen LogP contribution in [0.15, 0.2) is 41.8 Å². The van der Waals surface area contributed by atoms with Crippen molar-refractivity contribution in [3.63, 3.8) is 0 Å². The molecule has 2 amide bonds. The Morgan fingerprint density at radius 3 is 2.41 bits per heavy atom. The molecule has 0 aliphatic heterocycles. The van der Waals surface area contributed by atoms with Gasteiger partial charge in [-0.05, 0) is 29.9 Å². The molecule has 0 radical (unpaired) electrons. The second-order valence-corrected chi connectivity index (χ2v) is 7.29. The minimum atomic E-state index is -1.00. The first-order valence-electron chi connectivity index (χ1n) is 8.78. The number of rotatable bonds is 8. The Kier molecular flexibility index (Phi) is 7.12. The summed E-state index contributed by atoms with van der Waals surface area (Å²) in [5.41, 5.74) is 6.37. The maximum atomic E-state index is 12.8. The second-order valence-electron chi connectivity index (χ2n) is 6.37. The number of hydrogen-bond donors (Lipinski definition) is 2. The van der Waals surface area contributed by atoms with E-state index in [2.05, 4.69) is 5.32 Å². The lowest BCUT2D eigenvalue weighted by molar-refractivity contribution is -0.155. The van der Waals surface area contributed by atoms with Crippen LogP contribution in [0.4, 0.5) is 5.00 Å².